The second-order valence-corrected chi connectivity index (χ2v) is 9.59. The summed E-state index contributed by atoms with van der Waals surface area (Å²) >= 11 is 0. The van der Waals surface area contributed by atoms with E-state index in [9.17, 15) is 4.79 Å². The van der Waals surface area contributed by atoms with Gasteiger partial charge in [-0.05, 0) is 49.7 Å². The summed E-state index contributed by atoms with van der Waals surface area (Å²) in [5, 5.41) is 0. The molecule has 2 heterocycles. The molecular weight excluding hydrogens is 418 g/mol. The molecule has 0 amide bonds. The average Bonchev–Trinajstić information content (AvgIpc) is 3.17. The zero-order valence-electron chi connectivity index (χ0n) is 19.0. The third-order valence-electron chi connectivity index (χ3n) is 7.91. The lowest BCUT2D eigenvalue weighted by Gasteiger charge is -2.56. The Morgan fingerprint density at radius 3 is 2.85 bits per heavy atom. The number of nitrogens with zero attached hydrogens (tertiary/aromatic N) is 1. The highest BCUT2D eigenvalue weighted by Crippen LogP contribution is 2.62. The van der Waals surface area contributed by atoms with Gasteiger partial charge in [0.05, 0.1) is 6.42 Å². The van der Waals surface area contributed by atoms with Crippen LogP contribution in [0.3, 0.4) is 0 Å². The van der Waals surface area contributed by atoms with E-state index in [1.165, 1.54) is 11.1 Å². The van der Waals surface area contributed by atoms with E-state index in [-0.39, 0.29) is 30.7 Å². The number of hydrogen-bond acceptors (Lipinski definition) is 6. The molecular formula is C27H29NO5. The Hall–Kier alpha value is -2.83. The second-order valence-electron chi connectivity index (χ2n) is 9.59. The molecule has 0 radical (unpaired) electrons. The van der Waals surface area contributed by atoms with E-state index in [1.54, 1.807) is 7.11 Å². The fraction of sp³-hybridized carbons (Fsp3) is 0.444. The zero-order chi connectivity index (χ0) is 22.6. The summed E-state index contributed by atoms with van der Waals surface area (Å²) < 4.78 is 23.8. The van der Waals surface area contributed by atoms with Crippen LogP contribution in [0.5, 0.6) is 11.5 Å². The third-order valence-corrected chi connectivity index (χ3v) is 7.91. The van der Waals surface area contributed by atoms with Crippen molar-refractivity contribution in [3.63, 3.8) is 0 Å². The van der Waals surface area contributed by atoms with Gasteiger partial charge in [-0.2, -0.15) is 0 Å². The summed E-state index contributed by atoms with van der Waals surface area (Å²) in [4.78, 5) is 15.3. The van der Waals surface area contributed by atoms with Crippen LogP contribution in [0.4, 0.5) is 0 Å². The summed E-state index contributed by atoms with van der Waals surface area (Å²) in [6.07, 6.45) is 5.82. The maximum atomic E-state index is 12.9. The van der Waals surface area contributed by atoms with Crippen molar-refractivity contribution in [2.75, 3.05) is 27.5 Å². The number of esters is 1. The summed E-state index contributed by atoms with van der Waals surface area (Å²) in [7, 11) is 3.82. The van der Waals surface area contributed by atoms with Crippen LogP contribution in [0.2, 0.25) is 0 Å². The predicted molar refractivity (Wildman–Crippen MR) is 122 cm³/mol. The number of carbonyl (C=O) groups excluding carboxylic acids is 1. The van der Waals surface area contributed by atoms with Crippen molar-refractivity contribution >= 4 is 5.97 Å². The minimum atomic E-state index is -0.435. The van der Waals surface area contributed by atoms with E-state index >= 15 is 0 Å². The van der Waals surface area contributed by atoms with Crippen LogP contribution < -0.4 is 9.47 Å². The molecule has 0 N–H and O–H groups in total. The SMILES string of the molecule is COCOc1ccc2c3c1O[C@H]1[C@@H](OC(=O)Cc4ccccc4)C=C[C@H]4[C@@H](C2)N(C)CC[C@@]341. The Labute approximate surface area is 194 Å². The van der Waals surface area contributed by atoms with Gasteiger partial charge in [0, 0.05) is 30.0 Å². The summed E-state index contributed by atoms with van der Waals surface area (Å²) in [5.74, 6) is 1.58. The lowest BCUT2D eigenvalue weighted by molar-refractivity contribution is -0.154. The normalized spacial score (nSPS) is 31.0. The Morgan fingerprint density at radius 1 is 1.18 bits per heavy atom. The van der Waals surface area contributed by atoms with Gasteiger partial charge in [-0.3, -0.25) is 4.79 Å². The Balaban J connectivity index is 1.37. The van der Waals surface area contributed by atoms with E-state index in [1.807, 2.05) is 36.4 Å². The Kier molecular flexibility index (Phi) is 4.96. The highest BCUT2D eigenvalue weighted by atomic mass is 16.7. The van der Waals surface area contributed by atoms with Crippen LogP contribution in [0, 0.1) is 5.92 Å². The molecule has 2 aromatic carbocycles. The van der Waals surface area contributed by atoms with Gasteiger partial charge in [0.2, 0.25) is 0 Å². The lowest BCUT2D eigenvalue weighted by Crippen LogP contribution is -2.65. The van der Waals surface area contributed by atoms with Crippen molar-refractivity contribution in [3.8, 4) is 11.5 Å². The number of likely N-dealkylation sites (tertiary alicyclic amines) is 1. The molecule has 0 aromatic heterocycles. The van der Waals surface area contributed by atoms with E-state index in [0.29, 0.717) is 17.7 Å². The molecule has 0 saturated carbocycles. The number of methoxy groups -OCH3 is 1. The highest BCUT2D eigenvalue weighted by molar-refractivity contribution is 5.73. The van der Waals surface area contributed by atoms with Gasteiger partial charge in [0.25, 0.3) is 0 Å². The molecule has 33 heavy (non-hydrogen) atoms. The quantitative estimate of drug-likeness (QED) is 0.385. The molecule has 2 aliphatic heterocycles. The molecule has 172 valence electrons. The number of carbonyl (C=O) groups is 1. The smallest absolute Gasteiger partial charge is 0.310 e. The van der Waals surface area contributed by atoms with Gasteiger partial charge in [-0.15, -0.1) is 0 Å². The molecule has 0 unspecified atom stereocenters. The van der Waals surface area contributed by atoms with Crippen molar-refractivity contribution in [3.05, 3.63) is 71.3 Å². The molecule has 4 aliphatic rings. The second kappa shape index (κ2) is 7.89. The van der Waals surface area contributed by atoms with E-state index in [0.717, 1.165) is 30.7 Å². The maximum Gasteiger partial charge on any atom is 0.310 e. The molecule has 2 bridgehead atoms. The van der Waals surface area contributed by atoms with Crippen molar-refractivity contribution < 1.29 is 23.7 Å². The zero-order valence-corrected chi connectivity index (χ0v) is 19.0. The minimum absolute atomic E-state index is 0.162. The van der Waals surface area contributed by atoms with Crippen molar-refractivity contribution in [1.82, 2.24) is 4.90 Å². The third kappa shape index (κ3) is 3.11. The monoisotopic (exact) mass is 447 g/mol. The van der Waals surface area contributed by atoms with E-state index in [2.05, 4.69) is 30.2 Å². The van der Waals surface area contributed by atoms with Gasteiger partial charge in [0.15, 0.2) is 24.4 Å². The first-order valence-electron chi connectivity index (χ1n) is 11.7. The average molecular weight is 448 g/mol. The van der Waals surface area contributed by atoms with Gasteiger partial charge >= 0.3 is 5.97 Å². The van der Waals surface area contributed by atoms with E-state index in [4.69, 9.17) is 18.9 Å². The molecule has 2 aromatic rings. The van der Waals surface area contributed by atoms with Crippen LogP contribution in [0.15, 0.2) is 54.6 Å². The summed E-state index contributed by atoms with van der Waals surface area (Å²) in [6.45, 7) is 1.15. The van der Waals surface area contributed by atoms with Gasteiger partial charge < -0.3 is 23.8 Å². The van der Waals surface area contributed by atoms with Crippen molar-refractivity contribution in [1.29, 1.82) is 0 Å². The van der Waals surface area contributed by atoms with E-state index < -0.39 is 6.10 Å². The first-order valence-corrected chi connectivity index (χ1v) is 11.7. The lowest BCUT2D eigenvalue weighted by atomic mass is 9.53. The minimum Gasteiger partial charge on any atom is -0.481 e. The first-order chi connectivity index (χ1) is 16.1. The number of rotatable bonds is 6. The van der Waals surface area contributed by atoms with Crippen molar-refractivity contribution in [2.24, 2.45) is 5.92 Å². The van der Waals surface area contributed by atoms with Crippen LogP contribution in [-0.2, 0) is 32.5 Å². The molecule has 1 spiro atoms. The van der Waals surface area contributed by atoms with Crippen LogP contribution in [0.1, 0.15) is 23.1 Å². The summed E-state index contributed by atoms with van der Waals surface area (Å²) in [5.41, 5.74) is 3.31. The van der Waals surface area contributed by atoms with Crippen LogP contribution in [-0.4, -0.2) is 56.6 Å². The van der Waals surface area contributed by atoms with Crippen LogP contribution >= 0.6 is 0 Å². The molecule has 1 saturated heterocycles. The summed E-state index contributed by atoms with van der Waals surface area (Å²) in [6, 6.07) is 14.3. The van der Waals surface area contributed by atoms with Crippen molar-refractivity contribution in [2.45, 2.75) is 42.9 Å². The Bertz CT molecular complexity index is 1100. The van der Waals surface area contributed by atoms with Crippen LogP contribution in [0.25, 0.3) is 0 Å². The number of benzene rings is 2. The topological polar surface area (TPSA) is 57.2 Å². The number of likely N-dealkylation sites (N-methyl/N-ethyl adjacent to an activating group) is 1. The predicted octanol–water partition coefficient (Wildman–Crippen LogP) is 3.27. The molecule has 6 rings (SSSR count). The molecule has 6 heteroatoms. The standard InChI is InChI=1S/C27H29NO5/c1-28-13-12-27-19-9-11-22(32-23(29)14-17-6-4-3-5-7-17)26(27)33-25-21(31-16-30-2)10-8-18(24(25)27)15-20(19)28/h3-11,19-20,22,26H,12-16H2,1-2H3/t19-,20+,22-,26-,27-/m0/s1. The van der Waals surface area contributed by atoms with Gasteiger partial charge in [-0.1, -0.05) is 42.5 Å². The number of ether oxygens (including phenoxy) is 4. The molecule has 1 fully saturated rings. The molecule has 6 nitrogen and oxygen atoms in total. The Morgan fingerprint density at radius 2 is 2.03 bits per heavy atom. The maximum absolute atomic E-state index is 12.9. The molecule has 2 aliphatic carbocycles. The van der Waals surface area contributed by atoms with Gasteiger partial charge in [-0.25, -0.2) is 0 Å². The fourth-order valence-corrected chi connectivity index (χ4v) is 6.50. The molecule has 5 atom stereocenters. The fourth-order valence-electron chi connectivity index (χ4n) is 6.50. The highest BCUT2D eigenvalue weighted by Gasteiger charge is 2.65. The largest absolute Gasteiger partial charge is 0.481 e. The first kappa shape index (κ1) is 20.8. The van der Waals surface area contributed by atoms with Gasteiger partial charge in [0.1, 0.15) is 6.10 Å². The number of piperidine rings is 1. The number of hydrogen-bond donors (Lipinski definition) is 0.